The van der Waals surface area contributed by atoms with Crippen molar-refractivity contribution >= 4 is 21.8 Å². The van der Waals surface area contributed by atoms with Gasteiger partial charge in [-0.2, -0.15) is 0 Å². The number of rotatable bonds is 5. The molecule has 110 valence electrons. The molecule has 2 rings (SSSR count). The monoisotopic (exact) mass is 347 g/mol. The molecule has 0 spiro atoms. The van der Waals surface area contributed by atoms with Crippen LogP contribution in [0, 0.1) is 6.92 Å². The molecule has 0 aliphatic rings. The first-order valence-electron chi connectivity index (χ1n) is 6.82. The molecule has 0 bridgehead atoms. The minimum Gasteiger partial charge on any atom is -0.394 e. The third kappa shape index (κ3) is 4.41. The lowest BCUT2D eigenvalue weighted by Gasteiger charge is -2.17. The molecule has 0 heterocycles. The van der Waals surface area contributed by atoms with E-state index in [0.717, 1.165) is 15.6 Å². The molecule has 4 heteroatoms. The Kier molecular flexibility index (Phi) is 5.53. The fraction of sp³-hybridized carbons (Fsp3) is 0.235. The highest BCUT2D eigenvalue weighted by Gasteiger charge is 2.15. The second kappa shape index (κ2) is 7.38. The van der Waals surface area contributed by atoms with Gasteiger partial charge in [-0.15, -0.1) is 0 Å². The van der Waals surface area contributed by atoms with E-state index in [1.807, 2.05) is 49.4 Å². The number of aliphatic hydroxyl groups is 1. The zero-order valence-corrected chi connectivity index (χ0v) is 13.4. The van der Waals surface area contributed by atoms with Crippen LogP contribution in [0.3, 0.4) is 0 Å². The standard InChI is InChI=1S/C17H18BrNO2/c1-12-9-14(18)7-8-16(12)17(21)19-15(11-20)10-13-5-3-2-4-6-13/h2-9,15,20H,10-11H2,1H3,(H,19,21)/t15-/m1/s1. The average Bonchev–Trinajstić information content (AvgIpc) is 2.47. The average molecular weight is 348 g/mol. The first kappa shape index (κ1) is 15.7. The second-order valence-electron chi connectivity index (χ2n) is 5.00. The number of benzene rings is 2. The third-order valence-corrected chi connectivity index (χ3v) is 3.81. The number of carbonyl (C=O) groups excluding carboxylic acids is 1. The molecule has 0 unspecified atom stereocenters. The van der Waals surface area contributed by atoms with Crippen LogP contribution in [0.4, 0.5) is 0 Å². The molecule has 0 aromatic heterocycles. The van der Waals surface area contributed by atoms with Crippen molar-refractivity contribution < 1.29 is 9.90 Å². The summed E-state index contributed by atoms with van der Waals surface area (Å²) in [7, 11) is 0. The van der Waals surface area contributed by atoms with Crippen molar-refractivity contribution in [3.05, 3.63) is 69.7 Å². The fourth-order valence-corrected chi connectivity index (χ4v) is 2.68. The van der Waals surface area contributed by atoms with Crippen LogP contribution in [0.15, 0.2) is 53.0 Å². The van der Waals surface area contributed by atoms with E-state index in [4.69, 9.17) is 0 Å². The van der Waals surface area contributed by atoms with Crippen LogP contribution in [-0.2, 0) is 6.42 Å². The number of carbonyl (C=O) groups is 1. The Morgan fingerprint density at radius 1 is 1.24 bits per heavy atom. The predicted octanol–water partition coefficient (Wildman–Crippen LogP) is 3.09. The van der Waals surface area contributed by atoms with Gasteiger partial charge in [0.15, 0.2) is 0 Å². The molecule has 21 heavy (non-hydrogen) atoms. The summed E-state index contributed by atoms with van der Waals surface area (Å²) in [6.07, 6.45) is 0.610. The van der Waals surface area contributed by atoms with Gasteiger partial charge in [0, 0.05) is 10.0 Å². The smallest absolute Gasteiger partial charge is 0.251 e. The SMILES string of the molecule is Cc1cc(Br)ccc1C(=O)N[C@@H](CO)Cc1ccccc1. The number of aryl methyl sites for hydroxylation is 1. The van der Waals surface area contributed by atoms with Gasteiger partial charge < -0.3 is 10.4 Å². The summed E-state index contributed by atoms with van der Waals surface area (Å²) < 4.78 is 0.944. The van der Waals surface area contributed by atoms with E-state index in [1.54, 1.807) is 6.07 Å². The molecule has 1 atom stereocenters. The van der Waals surface area contributed by atoms with E-state index in [2.05, 4.69) is 21.2 Å². The molecular formula is C17H18BrNO2. The summed E-state index contributed by atoms with van der Waals surface area (Å²) in [5.41, 5.74) is 2.62. The quantitative estimate of drug-likeness (QED) is 0.872. The van der Waals surface area contributed by atoms with Gasteiger partial charge in [0.2, 0.25) is 0 Å². The number of amides is 1. The van der Waals surface area contributed by atoms with Crippen molar-refractivity contribution in [2.24, 2.45) is 0 Å². The summed E-state index contributed by atoms with van der Waals surface area (Å²) >= 11 is 3.38. The second-order valence-corrected chi connectivity index (χ2v) is 5.92. The topological polar surface area (TPSA) is 49.3 Å². The number of hydrogen-bond donors (Lipinski definition) is 2. The molecule has 0 fully saturated rings. The van der Waals surface area contributed by atoms with E-state index >= 15 is 0 Å². The van der Waals surface area contributed by atoms with Crippen LogP contribution < -0.4 is 5.32 Å². The van der Waals surface area contributed by atoms with Crippen molar-refractivity contribution in [2.45, 2.75) is 19.4 Å². The van der Waals surface area contributed by atoms with E-state index < -0.39 is 0 Å². The van der Waals surface area contributed by atoms with Gasteiger partial charge in [-0.3, -0.25) is 4.79 Å². The Bertz CT molecular complexity index is 613. The minimum absolute atomic E-state index is 0.0871. The van der Waals surface area contributed by atoms with Crippen LogP contribution >= 0.6 is 15.9 Å². The lowest BCUT2D eigenvalue weighted by atomic mass is 10.0. The highest BCUT2D eigenvalue weighted by Crippen LogP contribution is 2.16. The molecule has 0 aliphatic carbocycles. The minimum atomic E-state index is -0.289. The van der Waals surface area contributed by atoms with Crippen molar-refractivity contribution in [1.82, 2.24) is 5.32 Å². The molecule has 3 nitrogen and oxygen atoms in total. The fourth-order valence-electron chi connectivity index (χ4n) is 2.20. The van der Waals surface area contributed by atoms with Crippen LogP contribution in [-0.4, -0.2) is 23.7 Å². The Labute approximate surface area is 133 Å². The molecule has 2 N–H and O–H groups in total. The molecule has 0 saturated heterocycles. The number of nitrogens with one attached hydrogen (secondary N) is 1. The Balaban J connectivity index is 2.06. The Morgan fingerprint density at radius 3 is 2.57 bits per heavy atom. The zero-order valence-electron chi connectivity index (χ0n) is 11.8. The van der Waals surface area contributed by atoms with E-state index in [0.29, 0.717) is 12.0 Å². The van der Waals surface area contributed by atoms with Crippen LogP contribution in [0.1, 0.15) is 21.5 Å². The van der Waals surface area contributed by atoms with Crippen molar-refractivity contribution in [3.8, 4) is 0 Å². The van der Waals surface area contributed by atoms with Crippen LogP contribution in [0.25, 0.3) is 0 Å². The number of aliphatic hydroxyl groups excluding tert-OH is 1. The molecule has 0 saturated carbocycles. The number of hydrogen-bond acceptors (Lipinski definition) is 2. The Hall–Kier alpha value is -1.65. The van der Waals surface area contributed by atoms with Crippen molar-refractivity contribution in [1.29, 1.82) is 0 Å². The highest BCUT2D eigenvalue weighted by molar-refractivity contribution is 9.10. The van der Waals surface area contributed by atoms with Crippen LogP contribution in [0.5, 0.6) is 0 Å². The normalized spacial score (nSPS) is 12.0. The Morgan fingerprint density at radius 2 is 1.95 bits per heavy atom. The maximum absolute atomic E-state index is 12.3. The summed E-state index contributed by atoms with van der Waals surface area (Å²) in [5.74, 6) is -0.157. The first-order chi connectivity index (χ1) is 10.1. The van der Waals surface area contributed by atoms with Gasteiger partial charge in [0.25, 0.3) is 5.91 Å². The largest absolute Gasteiger partial charge is 0.394 e. The van der Waals surface area contributed by atoms with Gasteiger partial charge in [-0.25, -0.2) is 0 Å². The first-order valence-corrected chi connectivity index (χ1v) is 7.61. The molecule has 2 aromatic carbocycles. The van der Waals surface area contributed by atoms with E-state index in [9.17, 15) is 9.90 Å². The third-order valence-electron chi connectivity index (χ3n) is 3.31. The number of halogens is 1. The van der Waals surface area contributed by atoms with Gasteiger partial charge in [0.1, 0.15) is 0 Å². The van der Waals surface area contributed by atoms with Gasteiger partial charge in [-0.1, -0.05) is 46.3 Å². The van der Waals surface area contributed by atoms with Crippen molar-refractivity contribution in [2.75, 3.05) is 6.61 Å². The summed E-state index contributed by atoms with van der Waals surface area (Å²) in [4.78, 5) is 12.3. The molecule has 2 aromatic rings. The molecule has 0 radical (unpaired) electrons. The summed E-state index contributed by atoms with van der Waals surface area (Å²) in [6.45, 7) is 1.81. The maximum atomic E-state index is 12.3. The summed E-state index contributed by atoms with van der Waals surface area (Å²) in [6, 6.07) is 15.1. The van der Waals surface area contributed by atoms with E-state index in [1.165, 1.54) is 0 Å². The van der Waals surface area contributed by atoms with Gasteiger partial charge >= 0.3 is 0 Å². The predicted molar refractivity (Wildman–Crippen MR) is 87.4 cm³/mol. The zero-order chi connectivity index (χ0) is 15.2. The van der Waals surface area contributed by atoms with Crippen LogP contribution in [0.2, 0.25) is 0 Å². The van der Waals surface area contributed by atoms with Crippen molar-refractivity contribution in [3.63, 3.8) is 0 Å². The van der Waals surface area contributed by atoms with E-state index in [-0.39, 0.29) is 18.6 Å². The van der Waals surface area contributed by atoms with Gasteiger partial charge in [0.05, 0.1) is 12.6 Å². The lowest BCUT2D eigenvalue weighted by Crippen LogP contribution is -2.39. The molecule has 0 aliphatic heterocycles. The maximum Gasteiger partial charge on any atom is 0.251 e. The molecule has 1 amide bonds. The lowest BCUT2D eigenvalue weighted by molar-refractivity contribution is 0.0916. The molecular weight excluding hydrogens is 330 g/mol. The highest BCUT2D eigenvalue weighted by atomic mass is 79.9. The van der Waals surface area contributed by atoms with Gasteiger partial charge in [-0.05, 0) is 42.7 Å². The summed E-state index contributed by atoms with van der Waals surface area (Å²) in [5, 5.41) is 12.4.